The van der Waals surface area contributed by atoms with Crippen LogP contribution < -0.4 is 5.73 Å². The minimum atomic E-state index is -5.53. The molecule has 2 fully saturated rings. The van der Waals surface area contributed by atoms with Gasteiger partial charge in [-0.2, -0.15) is 4.31 Å². The molecule has 0 spiro atoms. The number of phosphoric ester groups is 1. The number of anilines is 1. The Morgan fingerprint density at radius 3 is 2.52 bits per heavy atom. The van der Waals surface area contributed by atoms with E-state index >= 15 is 0 Å². The molecule has 0 bridgehead atoms. The van der Waals surface area contributed by atoms with Gasteiger partial charge in [0, 0.05) is 0 Å². The number of hydrogen-bond acceptors (Lipinski definition) is 18. The molecule has 7 unspecified atom stereocenters. The van der Waals surface area contributed by atoms with Crippen molar-refractivity contribution in [1.82, 2.24) is 19.5 Å². The highest BCUT2D eigenvalue weighted by Gasteiger charge is 2.57. The molecule has 0 saturated carbocycles. The molecule has 20 nitrogen and oxygen atoms in total. The van der Waals surface area contributed by atoms with Crippen molar-refractivity contribution in [3.8, 4) is 12.3 Å². The van der Waals surface area contributed by atoms with Crippen LogP contribution in [0.25, 0.3) is 11.2 Å². The first-order chi connectivity index (χ1) is 19.5. The molecule has 4 heterocycles. The maximum absolute atomic E-state index is 12.8. The Hall–Kier alpha value is -1.80. The summed E-state index contributed by atoms with van der Waals surface area (Å²) in [7, 11) is -5.53. The van der Waals surface area contributed by atoms with Crippen molar-refractivity contribution in [3.05, 3.63) is 12.7 Å². The summed E-state index contributed by atoms with van der Waals surface area (Å²) >= 11 is 3.58. The van der Waals surface area contributed by atoms with Crippen LogP contribution >= 0.6 is 26.9 Å². The lowest BCUT2D eigenvalue weighted by Gasteiger charge is -2.41. The number of aliphatic hydroxyl groups excluding tert-OH is 6. The van der Waals surface area contributed by atoms with Crippen LogP contribution in [0.15, 0.2) is 12.7 Å². The average Bonchev–Trinajstić information content (AvgIpc) is 3.46. The fourth-order valence-electron chi connectivity index (χ4n) is 4.23. The largest absolute Gasteiger partial charge is 0.482 e. The number of nitrogens with two attached hydrogens (primary N) is 1. The highest BCUT2D eigenvalue weighted by molar-refractivity contribution is 8.45. The molecular formula is C19H27N5O15P2S. The molecule has 2 aromatic heterocycles. The molecular weight excluding hydrogens is 632 g/mol. The molecule has 10 N–H and O–H groups in total. The third-order valence-electron chi connectivity index (χ3n) is 6.37. The second kappa shape index (κ2) is 12.3. The van der Waals surface area contributed by atoms with E-state index in [0.29, 0.717) is 0 Å². The number of hydrogen-bond donors (Lipinski definition) is 10. The molecule has 234 valence electrons. The lowest BCUT2D eigenvalue weighted by atomic mass is 9.95. The summed E-state index contributed by atoms with van der Waals surface area (Å²) in [6.07, 6.45) is -9.27. The fourth-order valence-corrected chi connectivity index (χ4v) is 7.42. The maximum atomic E-state index is 12.8. The minimum absolute atomic E-state index is 0.00201. The van der Waals surface area contributed by atoms with Crippen LogP contribution in [0.4, 0.5) is 5.82 Å². The van der Waals surface area contributed by atoms with E-state index in [1.54, 1.807) is 0 Å². The summed E-state index contributed by atoms with van der Waals surface area (Å²) < 4.78 is 51.1. The third kappa shape index (κ3) is 6.36. The predicted octanol–water partition coefficient (Wildman–Crippen LogP) is -3.62. The van der Waals surface area contributed by atoms with Gasteiger partial charge in [-0.25, -0.2) is 24.1 Å². The predicted molar refractivity (Wildman–Crippen MR) is 138 cm³/mol. The number of imidazole rings is 1. The minimum Gasteiger partial charge on any atom is -0.394 e. The van der Waals surface area contributed by atoms with E-state index in [1.165, 1.54) is 0 Å². The number of rotatable bonds is 10. The van der Waals surface area contributed by atoms with Gasteiger partial charge in [-0.1, -0.05) is 18.2 Å². The number of nitrogen functional groups attached to an aromatic ring is 1. The second-order valence-corrected chi connectivity index (χ2v) is 13.6. The molecule has 12 atom stereocenters. The van der Waals surface area contributed by atoms with Gasteiger partial charge in [0.1, 0.15) is 54.6 Å². The zero-order valence-electron chi connectivity index (χ0n) is 21.0. The summed E-state index contributed by atoms with van der Waals surface area (Å²) in [5.74, 6) is 2.02. The van der Waals surface area contributed by atoms with E-state index in [0.717, 1.165) is 17.2 Å². The van der Waals surface area contributed by atoms with E-state index < -0.39 is 88.7 Å². The van der Waals surface area contributed by atoms with Crippen molar-refractivity contribution in [2.75, 3.05) is 18.9 Å². The second-order valence-electron chi connectivity index (χ2n) is 9.14. The van der Waals surface area contributed by atoms with Gasteiger partial charge in [0.25, 0.3) is 0 Å². The average molecular weight is 659 g/mol. The molecule has 0 aliphatic carbocycles. The number of fused-ring (bicyclic) bond motifs is 1. The first kappa shape index (κ1) is 33.1. The van der Waals surface area contributed by atoms with Crippen LogP contribution in [0.1, 0.15) is 6.23 Å². The monoisotopic (exact) mass is 659 g/mol. The lowest BCUT2D eigenvalue weighted by molar-refractivity contribution is -0.292. The Kier molecular flexibility index (Phi) is 9.69. The van der Waals surface area contributed by atoms with Crippen LogP contribution in [0.3, 0.4) is 0 Å². The van der Waals surface area contributed by atoms with Crippen LogP contribution in [-0.4, -0.2) is 128 Å². The topological polar surface area (TPSA) is 312 Å². The molecule has 2 saturated heterocycles. The number of nitrogens with zero attached hydrogens (tertiary/aromatic N) is 4. The van der Waals surface area contributed by atoms with Crippen molar-refractivity contribution in [2.45, 2.75) is 60.8 Å². The maximum Gasteiger partial charge on any atom is 0.482 e. The number of phosphoric acid groups is 1. The summed E-state index contributed by atoms with van der Waals surface area (Å²) in [6, 6.07) is 0. The third-order valence-corrected chi connectivity index (χ3v) is 9.98. The van der Waals surface area contributed by atoms with E-state index in [9.17, 15) is 44.7 Å². The highest BCUT2D eigenvalue weighted by atomic mass is 32.7. The molecule has 2 aliphatic heterocycles. The normalized spacial score (nSPS) is 37.1. The fraction of sp³-hybridized carbons (Fsp3) is 0.632. The van der Waals surface area contributed by atoms with Gasteiger partial charge >= 0.3 is 14.6 Å². The smallest absolute Gasteiger partial charge is 0.394 e. The molecule has 4 rings (SSSR count). The Bertz CT molecular complexity index is 1430. The van der Waals surface area contributed by atoms with Gasteiger partial charge in [-0.3, -0.25) is 13.6 Å². The van der Waals surface area contributed by atoms with Gasteiger partial charge in [0.15, 0.2) is 29.6 Å². The zero-order chi connectivity index (χ0) is 31.2. The summed E-state index contributed by atoms with van der Waals surface area (Å²) in [4.78, 5) is 21.9. The van der Waals surface area contributed by atoms with Crippen LogP contribution in [-0.2, 0) is 32.0 Å². The van der Waals surface area contributed by atoms with E-state index in [4.69, 9.17) is 31.3 Å². The standard InChI is InChI=1S/C19H27N5O15P2S/c1-2-19(31)14(30)8(36-18(19)24-6-23-9-15(20)21-5-22-16(9)24)4-35-41(34,42)39-40(32,33)38-17-12(29)10(27)11(28)13(37-17)7(26)3-25/h1,5-8,10-14,17-18,25-31H,3-4H2,(H,32,33)(H,34,42)(H2,20,21,22)/t7-,8+,10?,11?,12?,13?,14+,17?,18+,19+,41?/m0/s1. The zero-order valence-corrected chi connectivity index (χ0v) is 23.7. The first-order valence-electron chi connectivity index (χ1n) is 11.7. The number of ether oxygens (including phenoxy) is 2. The molecule has 0 aromatic carbocycles. The van der Waals surface area contributed by atoms with Crippen molar-refractivity contribution in [2.24, 2.45) is 0 Å². The Balaban J connectivity index is 1.44. The van der Waals surface area contributed by atoms with E-state index in [-0.39, 0.29) is 17.0 Å². The number of thiol groups is 1. The molecule has 0 amide bonds. The Morgan fingerprint density at radius 1 is 1.19 bits per heavy atom. The SMILES string of the molecule is C#C[C@@]1(O)[C@H](O)[C@@H](COP(=O)(S)OP(=O)(O)OC2OC([C@@H](O)CO)C(O)C(O)C2O)O[C@H]1n1cnc2c(N)ncnc21. The molecule has 42 heavy (non-hydrogen) atoms. The van der Waals surface area contributed by atoms with Gasteiger partial charge in [-0.15, -0.1) is 6.42 Å². The van der Waals surface area contributed by atoms with Crippen molar-refractivity contribution >= 4 is 43.9 Å². The van der Waals surface area contributed by atoms with Crippen LogP contribution in [0.5, 0.6) is 0 Å². The Morgan fingerprint density at radius 2 is 1.88 bits per heavy atom. The number of aliphatic hydroxyl groups is 7. The van der Waals surface area contributed by atoms with Crippen LogP contribution in [0, 0.1) is 12.3 Å². The molecule has 0 radical (unpaired) electrons. The number of terminal acetylenes is 1. The quantitative estimate of drug-likeness (QED) is 0.0668. The van der Waals surface area contributed by atoms with Crippen molar-refractivity contribution in [3.63, 3.8) is 0 Å². The van der Waals surface area contributed by atoms with Crippen molar-refractivity contribution < 1.29 is 72.6 Å². The molecule has 2 aromatic rings. The van der Waals surface area contributed by atoms with Gasteiger partial charge in [-0.05, 0) is 0 Å². The molecule has 23 heteroatoms. The van der Waals surface area contributed by atoms with E-state index in [1.807, 2.05) is 5.92 Å². The van der Waals surface area contributed by atoms with Crippen LogP contribution in [0.2, 0.25) is 0 Å². The Labute approximate surface area is 240 Å². The summed E-state index contributed by atoms with van der Waals surface area (Å²) in [5.41, 5.74) is 3.55. The molecule has 2 aliphatic rings. The highest BCUT2D eigenvalue weighted by Crippen LogP contribution is 2.66. The van der Waals surface area contributed by atoms with Crippen molar-refractivity contribution in [1.29, 1.82) is 0 Å². The summed E-state index contributed by atoms with van der Waals surface area (Å²) in [6.45, 7) is -6.75. The van der Waals surface area contributed by atoms with Gasteiger partial charge in [0.05, 0.1) is 19.5 Å². The first-order valence-corrected chi connectivity index (χ1v) is 15.9. The lowest BCUT2D eigenvalue weighted by Crippen LogP contribution is -2.61. The summed E-state index contributed by atoms with van der Waals surface area (Å²) in [5, 5.41) is 70.5. The van der Waals surface area contributed by atoms with Gasteiger partial charge in [0.2, 0.25) is 0 Å². The van der Waals surface area contributed by atoms with E-state index in [2.05, 4.69) is 36.0 Å². The number of aromatic nitrogens is 4. The van der Waals surface area contributed by atoms with Gasteiger partial charge < -0.3 is 55.8 Å².